The van der Waals surface area contributed by atoms with Gasteiger partial charge >= 0.3 is 0 Å². The van der Waals surface area contributed by atoms with Gasteiger partial charge < -0.3 is 9.84 Å². The van der Waals surface area contributed by atoms with Crippen molar-refractivity contribution in [2.45, 2.75) is 6.54 Å². The summed E-state index contributed by atoms with van der Waals surface area (Å²) in [6.45, 7) is 0.530. The average molecular weight is 234 g/mol. The number of hydrogen-bond acceptors (Lipinski definition) is 4. The number of nitriles is 1. The molecule has 80 valence electrons. The van der Waals surface area contributed by atoms with E-state index < -0.39 is 0 Å². The molecule has 0 aliphatic carbocycles. The van der Waals surface area contributed by atoms with Crippen LogP contribution in [0.5, 0.6) is 0 Å². The third kappa shape index (κ3) is 2.33. The first-order chi connectivity index (χ1) is 7.79. The van der Waals surface area contributed by atoms with E-state index in [2.05, 4.69) is 10.5 Å². The van der Waals surface area contributed by atoms with Crippen molar-refractivity contribution in [3.8, 4) is 6.07 Å². The molecule has 0 atom stereocenters. The summed E-state index contributed by atoms with van der Waals surface area (Å²) < 4.78 is 4.93. The van der Waals surface area contributed by atoms with Crippen LogP contribution in [-0.2, 0) is 6.54 Å². The molecule has 0 fully saturated rings. The lowest BCUT2D eigenvalue weighted by Crippen LogP contribution is -1.98. The standard InChI is InChI=1S/C11H8ClN3O/c12-11-5-9(2-1-8(11)6-13)14-7-10-3-4-15-16-10/h1-5,14H,7H2. The second-order valence-corrected chi connectivity index (χ2v) is 3.55. The molecule has 1 N–H and O–H groups in total. The molecule has 0 aliphatic rings. The molecule has 0 aliphatic heterocycles. The number of nitrogens with zero attached hydrogens (tertiary/aromatic N) is 2. The molecule has 1 aromatic carbocycles. The predicted molar refractivity (Wildman–Crippen MR) is 60.0 cm³/mol. The maximum atomic E-state index is 8.71. The van der Waals surface area contributed by atoms with Crippen LogP contribution in [0.25, 0.3) is 0 Å². The summed E-state index contributed by atoms with van der Waals surface area (Å²) in [6, 6.07) is 8.95. The van der Waals surface area contributed by atoms with E-state index in [1.54, 1.807) is 30.5 Å². The van der Waals surface area contributed by atoms with Gasteiger partial charge in [-0.05, 0) is 18.2 Å². The Morgan fingerprint density at radius 2 is 2.31 bits per heavy atom. The van der Waals surface area contributed by atoms with E-state index in [0.29, 0.717) is 17.1 Å². The van der Waals surface area contributed by atoms with Crippen molar-refractivity contribution in [1.82, 2.24) is 5.16 Å². The van der Waals surface area contributed by atoms with Crippen LogP contribution in [0.2, 0.25) is 5.02 Å². The van der Waals surface area contributed by atoms with Crippen LogP contribution >= 0.6 is 11.6 Å². The molecule has 0 saturated heterocycles. The van der Waals surface area contributed by atoms with Crippen molar-refractivity contribution in [3.05, 3.63) is 46.8 Å². The Balaban J connectivity index is 2.06. The Morgan fingerprint density at radius 3 is 2.94 bits per heavy atom. The van der Waals surface area contributed by atoms with Gasteiger partial charge in [0, 0.05) is 11.8 Å². The zero-order valence-corrected chi connectivity index (χ0v) is 9.03. The smallest absolute Gasteiger partial charge is 0.155 e. The number of benzene rings is 1. The average Bonchev–Trinajstić information content (AvgIpc) is 2.79. The maximum Gasteiger partial charge on any atom is 0.155 e. The van der Waals surface area contributed by atoms with Gasteiger partial charge in [-0.15, -0.1) is 0 Å². The molecule has 0 unspecified atom stereocenters. The van der Waals surface area contributed by atoms with Gasteiger partial charge in [0.2, 0.25) is 0 Å². The van der Waals surface area contributed by atoms with Gasteiger partial charge in [-0.1, -0.05) is 16.8 Å². The van der Waals surface area contributed by atoms with Gasteiger partial charge in [0.05, 0.1) is 23.3 Å². The lowest BCUT2D eigenvalue weighted by Gasteiger charge is -2.04. The van der Waals surface area contributed by atoms with Gasteiger partial charge in [0.1, 0.15) is 6.07 Å². The number of nitrogens with one attached hydrogen (secondary N) is 1. The van der Waals surface area contributed by atoms with Gasteiger partial charge in [0.15, 0.2) is 5.76 Å². The Labute approximate surface area is 97.4 Å². The third-order valence-corrected chi connectivity index (χ3v) is 2.36. The molecule has 16 heavy (non-hydrogen) atoms. The van der Waals surface area contributed by atoms with Crippen molar-refractivity contribution in [2.24, 2.45) is 0 Å². The number of anilines is 1. The zero-order chi connectivity index (χ0) is 11.4. The fraction of sp³-hybridized carbons (Fsp3) is 0.0909. The summed E-state index contributed by atoms with van der Waals surface area (Å²) in [6.07, 6.45) is 1.59. The highest BCUT2D eigenvalue weighted by Gasteiger charge is 2.01. The fourth-order valence-corrected chi connectivity index (χ4v) is 1.46. The number of aromatic nitrogens is 1. The highest BCUT2D eigenvalue weighted by Crippen LogP contribution is 2.20. The number of rotatable bonds is 3. The third-order valence-electron chi connectivity index (χ3n) is 2.05. The number of hydrogen-bond donors (Lipinski definition) is 1. The predicted octanol–water partition coefficient (Wildman–Crippen LogP) is 2.81. The zero-order valence-electron chi connectivity index (χ0n) is 8.27. The second kappa shape index (κ2) is 4.69. The Kier molecular flexibility index (Phi) is 3.08. The van der Waals surface area contributed by atoms with E-state index >= 15 is 0 Å². The van der Waals surface area contributed by atoms with E-state index in [9.17, 15) is 0 Å². The molecule has 0 amide bonds. The molecule has 0 bridgehead atoms. The van der Waals surface area contributed by atoms with Crippen LogP contribution in [-0.4, -0.2) is 5.16 Å². The fourth-order valence-electron chi connectivity index (χ4n) is 1.24. The van der Waals surface area contributed by atoms with Crippen molar-refractivity contribution in [1.29, 1.82) is 5.26 Å². The van der Waals surface area contributed by atoms with Crippen molar-refractivity contribution in [3.63, 3.8) is 0 Å². The molecule has 5 heteroatoms. The molecule has 1 aromatic heterocycles. The van der Waals surface area contributed by atoms with Crippen LogP contribution in [0.1, 0.15) is 11.3 Å². The van der Waals surface area contributed by atoms with Crippen molar-refractivity contribution >= 4 is 17.3 Å². The topological polar surface area (TPSA) is 61.9 Å². The minimum absolute atomic E-state index is 0.435. The summed E-state index contributed by atoms with van der Waals surface area (Å²) in [5, 5.41) is 15.9. The monoisotopic (exact) mass is 233 g/mol. The van der Waals surface area contributed by atoms with Gasteiger partial charge in [-0.3, -0.25) is 0 Å². The summed E-state index contributed by atoms with van der Waals surface area (Å²) in [5.41, 5.74) is 1.30. The SMILES string of the molecule is N#Cc1ccc(NCc2ccno2)cc1Cl. The normalized spacial score (nSPS) is 9.75. The van der Waals surface area contributed by atoms with Crippen LogP contribution in [0, 0.1) is 11.3 Å². The molecular formula is C11H8ClN3O. The molecule has 0 saturated carbocycles. The Morgan fingerprint density at radius 1 is 1.44 bits per heavy atom. The van der Waals surface area contributed by atoms with Crippen molar-refractivity contribution in [2.75, 3.05) is 5.32 Å². The highest BCUT2D eigenvalue weighted by molar-refractivity contribution is 6.32. The number of halogens is 1. The van der Waals surface area contributed by atoms with Crippen LogP contribution in [0.4, 0.5) is 5.69 Å². The van der Waals surface area contributed by atoms with E-state index in [1.807, 2.05) is 6.07 Å². The minimum Gasteiger partial charge on any atom is -0.378 e. The maximum absolute atomic E-state index is 8.71. The van der Waals surface area contributed by atoms with E-state index in [0.717, 1.165) is 11.4 Å². The van der Waals surface area contributed by atoms with Gasteiger partial charge in [-0.2, -0.15) is 5.26 Å². The molecule has 1 heterocycles. The Hall–Kier alpha value is -1.99. The quantitative estimate of drug-likeness (QED) is 0.886. The molecule has 0 spiro atoms. The van der Waals surface area contributed by atoms with Crippen molar-refractivity contribution < 1.29 is 4.52 Å². The molecule has 4 nitrogen and oxygen atoms in total. The Bertz CT molecular complexity index is 517. The second-order valence-electron chi connectivity index (χ2n) is 3.14. The molecule has 2 aromatic rings. The largest absolute Gasteiger partial charge is 0.378 e. The van der Waals surface area contributed by atoms with E-state index in [4.69, 9.17) is 21.4 Å². The summed E-state index contributed by atoms with van der Waals surface area (Å²) in [4.78, 5) is 0. The summed E-state index contributed by atoms with van der Waals surface area (Å²) in [7, 11) is 0. The first kappa shape index (κ1) is 10.5. The lowest BCUT2D eigenvalue weighted by atomic mass is 10.2. The highest BCUT2D eigenvalue weighted by atomic mass is 35.5. The van der Waals surface area contributed by atoms with Crippen LogP contribution in [0.15, 0.2) is 35.0 Å². The molecule has 2 rings (SSSR count). The molecular weight excluding hydrogens is 226 g/mol. The van der Waals surface area contributed by atoms with Crippen LogP contribution in [0.3, 0.4) is 0 Å². The summed E-state index contributed by atoms with van der Waals surface area (Å²) in [5.74, 6) is 0.737. The first-order valence-corrected chi connectivity index (χ1v) is 5.00. The van der Waals surface area contributed by atoms with E-state index in [-0.39, 0.29) is 0 Å². The summed E-state index contributed by atoms with van der Waals surface area (Å²) >= 11 is 5.89. The first-order valence-electron chi connectivity index (χ1n) is 4.62. The van der Waals surface area contributed by atoms with Gasteiger partial charge in [-0.25, -0.2) is 0 Å². The minimum atomic E-state index is 0.435. The lowest BCUT2D eigenvalue weighted by molar-refractivity contribution is 0.388. The van der Waals surface area contributed by atoms with Crippen LogP contribution < -0.4 is 5.32 Å². The van der Waals surface area contributed by atoms with Gasteiger partial charge in [0.25, 0.3) is 0 Å². The van der Waals surface area contributed by atoms with E-state index in [1.165, 1.54) is 0 Å². The molecule has 0 radical (unpaired) electrons.